The van der Waals surface area contributed by atoms with Gasteiger partial charge in [-0.05, 0) is 28.3 Å². The highest BCUT2D eigenvalue weighted by Crippen LogP contribution is 2.17. The van der Waals surface area contributed by atoms with E-state index in [1.54, 1.807) is 0 Å². The lowest BCUT2D eigenvalue weighted by Crippen LogP contribution is -2.08. The Morgan fingerprint density at radius 3 is 2.50 bits per heavy atom. The molecule has 0 atom stereocenters. The largest absolute Gasteiger partial charge is 0.370 e. The third-order valence-electron chi connectivity index (χ3n) is 2.26. The van der Waals surface area contributed by atoms with Crippen molar-refractivity contribution in [3.05, 3.63) is 16.5 Å². The monoisotopic (exact) mass is 285 g/mol. The molecule has 0 aromatic carbocycles. The Kier molecular flexibility index (Phi) is 5.19. The van der Waals surface area contributed by atoms with Crippen molar-refractivity contribution in [2.45, 2.75) is 40.0 Å². The van der Waals surface area contributed by atoms with Crippen molar-refractivity contribution in [1.29, 1.82) is 0 Å². The van der Waals surface area contributed by atoms with Gasteiger partial charge in [-0.15, -0.1) is 0 Å². The van der Waals surface area contributed by atoms with Gasteiger partial charge in [0.25, 0.3) is 0 Å². The normalized spacial score (nSPS) is 11.2. The smallest absolute Gasteiger partial charge is 0.134 e. The van der Waals surface area contributed by atoms with E-state index in [1.807, 2.05) is 6.07 Å². The highest BCUT2D eigenvalue weighted by molar-refractivity contribution is 9.10. The van der Waals surface area contributed by atoms with E-state index in [2.05, 4.69) is 58.9 Å². The van der Waals surface area contributed by atoms with Gasteiger partial charge < -0.3 is 5.32 Å². The summed E-state index contributed by atoms with van der Waals surface area (Å²) in [4.78, 5) is 8.82. The van der Waals surface area contributed by atoms with Crippen LogP contribution in [0.2, 0.25) is 0 Å². The lowest BCUT2D eigenvalue weighted by atomic mass is 10.1. The molecule has 1 rings (SSSR count). The van der Waals surface area contributed by atoms with Crippen LogP contribution in [0.15, 0.2) is 10.7 Å². The van der Waals surface area contributed by atoms with E-state index in [9.17, 15) is 0 Å². The van der Waals surface area contributed by atoms with Gasteiger partial charge in [0, 0.05) is 18.5 Å². The minimum Gasteiger partial charge on any atom is -0.370 e. The van der Waals surface area contributed by atoms with Crippen LogP contribution in [0.5, 0.6) is 0 Å². The maximum absolute atomic E-state index is 4.48. The number of nitrogens with zero attached hydrogens (tertiary/aromatic N) is 2. The quantitative estimate of drug-likeness (QED) is 0.836. The van der Waals surface area contributed by atoms with Gasteiger partial charge in [-0.25, -0.2) is 9.97 Å². The van der Waals surface area contributed by atoms with Gasteiger partial charge in [-0.1, -0.05) is 27.7 Å². The Morgan fingerprint density at radius 2 is 1.94 bits per heavy atom. The molecule has 3 nitrogen and oxygen atoms in total. The van der Waals surface area contributed by atoms with Gasteiger partial charge in [0.1, 0.15) is 16.2 Å². The number of rotatable bonds is 5. The predicted octanol–water partition coefficient (Wildman–Crippen LogP) is 3.82. The SMILES string of the molecule is CC(C)CCNc1cc(Br)nc(C(C)C)n1. The lowest BCUT2D eigenvalue weighted by molar-refractivity contribution is 0.606. The molecule has 0 fully saturated rings. The number of anilines is 1. The third-order valence-corrected chi connectivity index (χ3v) is 2.66. The van der Waals surface area contributed by atoms with Crippen LogP contribution >= 0.6 is 15.9 Å². The van der Waals surface area contributed by atoms with Gasteiger partial charge >= 0.3 is 0 Å². The van der Waals surface area contributed by atoms with E-state index in [0.717, 1.165) is 29.2 Å². The highest BCUT2D eigenvalue weighted by Gasteiger charge is 2.06. The molecule has 1 heterocycles. The highest BCUT2D eigenvalue weighted by atomic mass is 79.9. The minimum atomic E-state index is 0.350. The van der Waals surface area contributed by atoms with Gasteiger partial charge in [-0.2, -0.15) is 0 Å². The fourth-order valence-corrected chi connectivity index (χ4v) is 1.67. The van der Waals surface area contributed by atoms with Gasteiger partial charge in [0.05, 0.1) is 0 Å². The van der Waals surface area contributed by atoms with E-state index in [-0.39, 0.29) is 0 Å². The molecular weight excluding hydrogens is 266 g/mol. The summed E-state index contributed by atoms with van der Waals surface area (Å²) in [6.45, 7) is 9.59. The zero-order chi connectivity index (χ0) is 12.1. The van der Waals surface area contributed by atoms with Crippen molar-refractivity contribution >= 4 is 21.7 Å². The van der Waals surface area contributed by atoms with Crippen molar-refractivity contribution in [2.24, 2.45) is 5.92 Å². The molecule has 0 spiro atoms. The molecule has 0 radical (unpaired) electrons. The average Bonchev–Trinajstić information content (AvgIpc) is 2.16. The first-order valence-electron chi connectivity index (χ1n) is 5.77. The summed E-state index contributed by atoms with van der Waals surface area (Å²) < 4.78 is 0.846. The summed E-state index contributed by atoms with van der Waals surface area (Å²) in [6.07, 6.45) is 1.15. The second-order valence-corrected chi connectivity index (χ2v) is 5.51. The van der Waals surface area contributed by atoms with Gasteiger partial charge in [0.15, 0.2) is 0 Å². The van der Waals surface area contributed by atoms with E-state index < -0.39 is 0 Å². The summed E-state index contributed by atoms with van der Waals surface area (Å²) in [7, 11) is 0. The molecule has 16 heavy (non-hydrogen) atoms. The van der Waals surface area contributed by atoms with E-state index in [4.69, 9.17) is 0 Å². The lowest BCUT2D eigenvalue weighted by Gasteiger charge is -2.10. The van der Waals surface area contributed by atoms with Crippen molar-refractivity contribution in [1.82, 2.24) is 9.97 Å². The summed E-state index contributed by atoms with van der Waals surface area (Å²) in [5.74, 6) is 2.85. The number of halogens is 1. The topological polar surface area (TPSA) is 37.8 Å². The van der Waals surface area contributed by atoms with Crippen LogP contribution in [0.1, 0.15) is 45.9 Å². The standard InChI is InChI=1S/C12H20BrN3/c1-8(2)5-6-14-11-7-10(13)15-12(16-11)9(3)4/h7-9H,5-6H2,1-4H3,(H,14,15,16). The Hall–Kier alpha value is -0.640. The molecule has 90 valence electrons. The molecule has 0 saturated heterocycles. The molecular formula is C12H20BrN3. The Balaban J connectivity index is 2.65. The molecule has 0 amide bonds. The summed E-state index contributed by atoms with van der Waals surface area (Å²) >= 11 is 3.41. The van der Waals surface area contributed by atoms with E-state index in [1.165, 1.54) is 0 Å². The zero-order valence-corrected chi connectivity index (χ0v) is 12.0. The first kappa shape index (κ1) is 13.4. The minimum absolute atomic E-state index is 0.350. The van der Waals surface area contributed by atoms with Gasteiger partial charge in [-0.3, -0.25) is 0 Å². The summed E-state index contributed by atoms with van der Waals surface area (Å²) in [5.41, 5.74) is 0. The van der Waals surface area contributed by atoms with Crippen molar-refractivity contribution < 1.29 is 0 Å². The van der Waals surface area contributed by atoms with Crippen LogP contribution in [0.25, 0.3) is 0 Å². The van der Waals surface area contributed by atoms with Crippen molar-refractivity contribution in [3.8, 4) is 0 Å². The second-order valence-electron chi connectivity index (χ2n) is 4.70. The molecule has 0 unspecified atom stereocenters. The van der Waals surface area contributed by atoms with Crippen LogP contribution in [-0.4, -0.2) is 16.5 Å². The predicted molar refractivity (Wildman–Crippen MR) is 71.8 cm³/mol. The first-order chi connectivity index (χ1) is 7.49. The average molecular weight is 286 g/mol. The molecule has 4 heteroatoms. The number of nitrogens with one attached hydrogen (secondary N) is 1. The maximum atomic E-state index is 4.48. The fraction of sp³-hybridized carbons (Fsp3) is 0.667. The zero-order valence-electron chi connectivity index (χ0n) is 10.4. The van der Waals surface area contributed by atoms with E-state index in [0.29, 0.717) is 11.8 Å². The van der Waals surface area contributed by atoms with Crippen LogP contribution in [0.3, 0.4) is 0 Å². The summed E-state index contributed by atoms with van der Waals surface area (Å²) in [6, 6.07) is 1.92. The van der Waals surface area contributed by atoms with Crippen LogP contribution in [0, 0.1) is 5.92 Å². The first-order valence-corrected chi connectivity index (χ1v) is 6.56. The molecule has 0 aliphatic heterocycles. The molecule has 0 bridgehead atoms. The number of hydrogen-bond acceptors (Lipinski definition) is 3. The molecule has 1 aromatic rings. The Labute approximate surface area is 106 Å². The van der Waals surface area contributed by atoms with Crippen LogP contribution < -0.4 is 5.32 Å². The molecule has 1 N–H and O–H groups in total. The van der Waals surface area contributed by atoms with Gasteiger partial charge in [0.2, 0.25) is 0 Å². The fourth-order valence-electron chi connectivity index (χ4n) is 1.27. The third kappa shape index (κ3) is 4.47. The van der Waals surface area contributed by atoms with E-state index >= 15 is 0 Å². The summed E-state index contributed by atoms with van der Waals surface area (Å²) in [5, 5.41) is 3.33. The van der Waals surface area contributed by atoms with Crippen LogP contribution in [-0.2, 0) is 0 Å². The van der Waals surface area contributed by atoms with Crippen molar-refractivity contribution in [2.75, 3.05) is 11.9 Å². The van der Waals surface area contributed by atoms with Crippen molar-refractivity contribution in [3.63, 3.8) is 0 Å². The van der Waals surface area contributed by atoms with Crippen LogP contribution in [0.4, 0.5) is 5.82 Å². The molecule has 1 aromatic heterocycles. The molecule has 0 aliphatic rings. The molecule has 0 aliphatic carbocycles. The second kappa shape index (κ2) is 6.18. The number of aromatic nitrogens is 2. The Bertz CT molecular complexity index is 337. The number of hydrogen-bond donors (Lipinski definition) is 1. The molecule has 0 saturated carbocycles. The maximum Gasteiger partial charge on any atom is 0.134 e. The Morgan fingerprint density at radius 1 is 1.25 bits per heavy atom.